The number of carboxylic acids is 1. The second-order valence-electron chi connectivity index (χ2n) is 3.17. The number of hydrogen-bond donors (Lipinski definition) is 3. The summed E-state index contributed by atoms with van der Waals surface area (Å²) < 4.78 is 0. The Labute approximate surface area is 91.2 Å². The molecule has 0 spiro atoms. The molecule has 4 nitrogen and oxygen atoms in total. The summed E-state index contributed by atoms with van der Waals surface area (Å²) in [7, 11) is 0. The highest BCUT2D eigenvalue weighted by Gasteiger charge is 1.94. The van der Waals surface area contributed by atoms with E-state index in [2.05, 4.69) is 13.5 Å². The Morgan fingerprint density at radius 3 is 2.33 bits per heavy atom. The lowest BCUT2D eigenvalue weighted by Crippen LogP contribution is -1.99. The van der Waals surface area contributed by atoms with Crippen molar-refractivity contribution in [2.75, 3.05) is 6.61 Å². The molecule has 0 aliphatic carbocycles. The first-order valence-corrected chi connectivity index (χ1v) is 5.21. The molecule has 0 aromatic carbocycles. The summed E-state index contributed by atoms with van der Waals surface area (Å²) in [6.45, 7) is 5.37. The number of rotatable bonds is 7. The second kappa shape index (κ2) is 13.1. The Kier molecular flexibility index (Phi) is 14.5. The minimum absolute atomic E-state index is 0.153. The van der Waals surface area contributed by atoms with E-state index in [1.165, 1.54) is 12.8 Å². The van der Waals surface area contributed by atoms with Gasteiger partial charge in [-0.25, -0.2) is 0 Å². The molecule has 4 heteroatoms. The molecule has 15 heavy (non-hydrogen) atoms. The third kappa shape index (κ3) is 19.5. The number of aliphatic carboxylic acids is 1. The maximum Gasteiger partial charge on any atom is 0.305 e. The molecule has 0 aliphatic heterocycles. The molecule has 0 aliphatic rings. The van der Waals surface area contributed by atoms with Crippen molar-refractivity contribution in [1.82, 2.24) is 0 Å². The summed E-state index contributed by atoms with van der Waals surface area (Å²) in [5.74, 6) is -0.961. The van der Waals surface area contributed by atoms with Crippen LogP contribution in [0.15, 0.2) is 12.7 Å². The van der Waals surface area contributed by atoms with Crippen LogP contribution in [0, 0.1) is 0 Å². The zero-order valence-electron chi connectivity index (χ0n) is 9.35. The molecular formula is C11H22O4. The highest BCUT2D eigenvalue weighted by Crippen LogP contribution is 2.02. The summed E-state index contributed by atoms with van der Waals surface area (Å²) in [6.07, 6.45) is 5.57. The summed E-state index contributed by atoms with van der Waals surface area (Å²) in [5, 5.41) is 24.6. The smallest absolute Gasteiger partial charge is 0.305 e. The molecular weight excluding hydrogens is 196 g/mol. The molecule has 0 rings (SSSR count). The van der Waals surface area contributed by atoms with Gasteiger partial charge >= 0.3 is 5.97 Å². The third-order valence-corrected chi connectivity index (χ3v) is 1.70. The Balaban J connectivity index is 0. The van der Waals surface area contributed by atoms with Crippen LogP contribution in [-0.4, -0.2) is 34.0 Å². The van der Waals surface area contributed by atoms with Crippen LogP contribution < -0.4 is 0 Å². The van der Waals surface area contributed by atoms with Crippen LogP contribution in [0.5, 0.6) is 0 Å². The molecule has 0 aromatic heterocycles. The lowest BCUT2D eigenvalue weighted by Gasteiger charge is -2.01. The van der Waals surface area contributed by atoms with Gasteiger partial charge in [0.2, 0.25) is 0 Å². The average Bonchev–Trinajstić information content (AvgIpc) is 2.18. The van der Waals surface area contributed by atoms with Crippen molar-refractivity contribution < 1.29 is 20.1 Å². The monoisotopic (exact) mass is 218 g/mol. The lowest BCUT2D eigenvalue weighted by molar-refractivity contribution is -0.137. The van der Waals surface area contributed by atoms with E-state index >= 15 is 0 Å². The predicted octanol–water partition coefficient (Wildman–Crippen LogP) is 1.57. The molecule has 0 bridgehead atoms. The third-order valence-electron chi connectivity index (χ3n) is 1.70. The van der Waals surface area contributed by atoms with Gasteiger partial charge < -0.3 is 15.3 Å². The standard InChI is InChI=1S/C8H16O.C3H6O3/c1-3-5-6-7-8(9)4-2;4-2-1-3(5)6/h4,8-9H,2-3,5-7H2,1H3;4H,1-2H2,(H,5,6)/t8-;/m1./s1. The largest absolute Gasteiger partial charge is 0.481 e. The summed E-state index contributed by atoms with van der Waals surface area (Å²) in [6, 6.07) is 0. The van der Waals surface area contributed by atoms with Gasteiger partial charge in [0.1, 0.15) is 0 Å². The van der Waals surface area contributed by atoms with E-state index in [-0.39, 0.29) is 19.1 Å². The molecule has 1 atom stereocenters. The van der Waals surface area contributed by atoms with Gasteiger partial charge in [0.05, 0.1) is 19.1 Å². The minimum Gasteiger partial charge on any atom is -0.481 e. The van der Waals surface area contributed by atoms with Gasteiger partial charge in [0.15, 0.2) is 0 Å². The fourth-order valence-corrected chi connectivity index (χ4v) is 0.817. The number of unbranched alkanes of at least 4 members (excludes halogenated alkanes) is 2. The van der Waals surface area contributed by atoms with Crippen LogP contribution in [0.25, 0.3) is 0 Å². The zero-order chi connectivity index (χ0) is 12.1. The molecule has 0 unspecified atom stereocenters. The number of carboxylic acid groups (broad SMARTS) is 1. The van der Waals surface area contributed by atoms with Crippen molar-refractivity contribution in [3.8, 4) is 0 Å². The molecule has 0 saturated heterocycles. The number of aliphatic hydroxyl groups is 2. The minimum atomic E-state index is -0.961. The van der Waals surface area contributed by atoms with Crippen LogP contribution in [0.2, 0.25) is 0 Å². The highest BCUT2D eigenvalue weighted by molar-refractivity contribution is 5.66. The van der Waals surface area contributed by atoms with Gasteiger partial charge in [-0.3, -0.25) is 4.79 Å². The van der Waals surface area contributed by atoms with Gasteiger partial charge in [0.25, 0.3) is 0 Å². The molecule has 0 saturated carbocycles. The molecule has 3 N–H and O–H groups in total. The number of hydrogen-bond acceptors (Lipinski definition) is 3. The van der Waals surface area contributed by atoms with E-state index in [4.69, 9.17) is 15.3 Å². The first kappa shape index (κ1) is 16.6. The Morgan fingerprint density at radius 1 is 1.47 bits per heavy atom. The van der Waals surface area contributed by atoms with Gasteiger partial charge in [-0.05, 0) is 6.42 Å². The molecule has 0 heterocycles. The maximum absolute atomic E-state index is 9.44. The maximum atomic E-state index is 9.44. The Bertz CT molecular complexity index is 157. The Hall–Kier alpha value is -0.870. The summed E-state index contributed by atoms with van der Waals surface area (Å²) in [5.41, 5.74) is 0. The molecule has 0 aromatic rings. The zero-order valence-corrected chi connectivity index (χ0v) is 9.35. The van der Waals surface area contributed by atoms with E-state index in [1.54, 1.807) is 6.08 Å². The summed E-state index contributed by atoms with van der Waals surface area (Å²) in [4.78, 5) is 9.44. The fraction of sp³-hybridized carbons (Fsp3) is 0.727. The summed E-state index contributed by atoms with van der Waals surface area (Å²) >= 11 is 0. The SMILES string of the molecule is C=C[C@@H](O)CCCCC.O=C(O)CCO. The fourth-order valence-electron chi connectivity index (χ4n) is 0.817. The molecule has 0 radical (unpaired) electrons. The quantitative estimate of drug-likeness (QED) is 0.447. The molecule has 0 amide bonds. The average molecular weight is 218 g/mol. The number of aliphatic hydroxyl groups excluding tert-OH is 2. The van der Waals surface area contributed by atoms with Gasteiger partial charge in [-0.1, -0.05) is 32.3 Å². The Morgan fingerprint density at radius 2 is 2.07 bits per heavy atom. The second-order valence-corrected chi connectivity index (χ2v) is 3.17. The lowest BCUT2D eigenvalue weighted by atomic mass is 10.1. The normalized spacial score (nSPS) is 11.1. The van der Waals surface area contributed by atoms with Gasteiger partial charge in [-0.15, -0.1) is 6.58 Å². The van der Waals surface area contributed by atoms with Crippen molar-refractivity contribution >= 4 is 5.97 Å². The van der Waals surface area contributed by atoms with Crippen molar-refractivity contribution in [1.29, 1.82) is 0 Å². The van der Waals surface area contributed by atoms with Crippen LogP contribution in [0.1, 0.15) is 39.0 Å². The first-order chi connectivity index (χ1) is 7.08. The van der Waals surface area contributed by atoms with Crippen LogP contribution in [0.4, 0.5) is 0 Å². The van der Waals surface area contributed by atoms with E-state index in [9.17, 15) is 4.79 Å². The molecule has 0 fully saturated rings. The van der Waals surface area contributed by atoms with Crippen LogP contribution in [-0.2, 0) is 4.79 Å². The number of carbonyl (C=O) groups is 1. The van der Waals surface area contributed by atoms with Crippen LogP contribution >= 0.6 is 0 Å². The highest BCUT2D eigenvalue weighted by atomic mass is 16.4. The van der Waals surface area contributed by atoms with E-state index in [0.29, 0.717) is 0 Å². The van der Waals surface area contributed by atoms with Crippen molar-refractivity contribution in [3.63, 3.8) is 0 Å². The van der Waals surface area contributed by atoms with E-state index in [1.807, 2.05) is 0 Å². The van der Waals surface area contributed by atoms with Gasteiger partial charge in [-0.2, -0.15) is 0 Å². The van der Waals surface area contributed by atoms with E-state index < -0.39 is 5.97 Å². The van der Waals surface area contributed by atoms with Gasteiger partial charge in [0, 0.05) is 0 Å². The molecule has 90 valence electrons. The van der Waals surface area contributed by atoms with Crippen LogP contribution in [0.3, 0.4) is 0 Å². The van der Waals surface area contributed by atoms with E-state index in [0.717, 1.165) is 12.8 Å². The van der Waals surface area contributed by atoms with Crippen molar-refractivity contribution in [3.05, 3.63) is 12.7 Å². The predicted molar refractivity (Wildman–Crippen MR) is 59.7 cm³/mol. The first-order valence-electron chi connectivity index (χ1n) is 5.21. The van der Waals surface area contributed by atoms with Crippen molar-refractivity contribution in [2.24, 2.45) is 0 Å². The van der Waals surface area contributed by atoms with Crippen molar-refractivity contribution in [2.45, 2.75) is 45.1 Å². The topological polar surface area (TPSA) is 77.8 Å².